The van der Waals surface area contributed by atoms with Gasteiger partial charge in [-0.1, -0.05) is 0 Å². The summed E-state index contributed by atoms with van der Waals surface area (Å²) in [5.74, 6) is 0.177. The van der Waals surface area contributed by atoms with Crippen LogP contribution in [0, 0.1) is 0 Å². The van der Waals surface area contributed by atoms with Crippen molar-refractivity contribution in [1.29, 1.82) is 0 Å². The molecule has 1 unspecified atom stereocenters. The molecule has 21 heavy (non-hydrogen) atoms. The van der Waals surface area contributed by atoms with Crippen LogP contribution in [0.4, 0.5) is 5.82 Å². The van der Waals surface area contributed by atoms with Crippen molar-refractivity contribution in [3.05, 3.63) is 23.9 Å². The first kappa shape index (κ1) is 16.9. The van der Waals surface area contributed by atoms with Crippen LogP contribution in [-0.4, -0.2) is 47.5 Å². The first-order chi connectivity index (χ1) is 10.0. The number of pyridine rings is 1. The van der Waals surface area contributed by atoms with Crippen molar-refractivity contribution in [2.24, 2.45) is 0 Å². The van der Waals surface area contributed by atoms with Crippen LogP contribution in [0.3, 0.4) is 0 Å². The lowest BCUT2D eigenvalue weighted by molar-refractivity contribution is -0.131. The predicted molar refractivity (Wildman–Crippen MR) is 81.2 cm³/mol. The Labute approximate surface area is 125 Å². The molecule has 1 aromatic heterocycles. The zero-order valence-electron chi connectivity index (χ0n) is 13.0. The third-order valence-electron chi connectivity index (χ3n) is 3.08. The maximum absolute atomic E-state index is 12.1. The molecule has 0 aliphatic carbocycles. The van der Waals surface area contributed by atoms with E-state index in [1.807, 2.05) is 13.8 Å². The number of carbonyl (C=O) groups is 2. The predicted octanol–water partition coefficient (Wildman–Crippen LogP) is 1.93. The minimum absolute atomic E-state index is 0.0243. The summed E-state index contributed by atoms with van der Waals surface area (Å²) in [5, 5.41) is 3.03. The van der Waals surface area contributed by atoms with Crippen LogP contribution in [0.15, 0.2) is 18.3 Å². The summed E-state index contributed by atoms with van der Waals surface area (Å²) in [7, 11) is 0. The molecular formula is C15H23N3O3. The Balaban J connectivity index is 2.67. The Morgan fingerprint density at radius 1 is 1.29 bits per heavy atom. The average Bonchev–Trinajstić information content (AvgIpc) is 2.49. The Kier molecular flexibility index (Phi) is 6.65. The number of nitrogens with zero attached hydrogens (tertiary/aromatic N) is 2. The van der Waals surface area contributed by atoms with Gasteiger partial charge >= 0.3 is 5.97 Å². The highest BCUT2D eigenvalue weighted by atomic mass is 16.5. The van der Waals surface area contributed by atoms with E-state index in [4.69, 9.17) is 4.74 Å². The largest absolute Gasteiger partial charge is 0.462 e. The Morgan fingerprint density at radius 3 is 2.43 bits per heavy atom. The van der Waals surface area contributed by atoms with Crippen molar-refractivity contribution in [2.45, 2.75) is 33.7 Å². The van der Waals surface area contributed by atoms with Crippen LogP contribution >= 0.6 is 0 Å². The number of carbonyl (C=O) groups excluding carboxylic acids is 2. The number of amides is 1. The highest BCUT2D eigenvalue weighted by molar-refractivity contribution is 5.89. The van der Waals surface area contributed by atoms with E-state index in [-0.39, 0.29) is 11.9 Å². The zero-order chi connectivity index (χ0) is 15.8. The summed E-state index contributed by atoms with van der Waals surface area (Å²) >= 11 is 0. The van der Waals surface area contributed by atoms with Crippen LogP contribution in [0.1, 0.15) is 38.1 Å². The normalized spacial score (nSPS) is 11.6. The van der Waals surface area contributed by atoms with Crippen LogP contribution in [0.25, 0.3) is 0 Å². The van der Waals surface area contributed by atoms with Gasteiger partial charge in [0.1, 0.15) is 11.9 Å². The van der Waals surface area contributed by atoms with Crippen LogP contribution in [-0.2, 0) is 9.53 Å². The molecule has 1 rings (SSSR count). The minimum Gasteiger partial charge on any atom is -0.462 e. The molecule has 116 valence electrons. The molecule has 0 aliphatic heterocycles. The lowest BCUT2D eigenvalue weighted by atomic mass is 10.2. The molecule has 0 radical (unpaired) electrons. The van der Waals surface area contributed by atoms with Crippen molar-refractivity contribution < 1.29 is 14.3 Å². The quantitative estimate of drug-likeness (QED) is 0.778. The number of hydrogen-bond donors (Lipinski definition) is 1. The summed E-state index contributed by atoms with van der Waals surface area (Å²) in [6.45, 7) is 9.12. The molecule has 6 nitrogen and oxygen atoms in total. The Hall–Kier alpha value is -2.11. The molecule has 0 saturated heterocycles. The first-order valence-corrected chi connectivity index (χ1v) is 7.21. The molecule has 0 bridgehead atoms. The van der Waals surface area contributed by atoms with E-state index in [9.17, 15) is 9.59 Å². The number of anilines is 1. The van der Waals surface area contributed by atoms with E-state index in [2.05, 4.69) is 10.3 Å². The summed E-state index contributed by atoms with van der Waals surface area (Å²) < 4.78 is 4.89. The van der Waals surface area contributed by atoms with Gasteiger partial charge in [-0.3, -0.25) is 4.79 Å². The van der Waals surface area contributed by atoms with E-state index in [0.29, 0.717) is 31.1 Å². The number of ether oxygens (including phenoxy) is 1. The molecule has 0 fully saturated rings. The maximum atomic E-state index is 12.1. The van der Waals surface area contributed by atoms with Gasteiger partial charge in [0.05, 0.1) is 12.2 Å². The van der Waals surface area contributed by atoms with Gasteiger partial charge in [0, 0.05) is 19.3 Å². The van der Waals surface area contributed by atoms with E-state index in [0.717, 1.165) is 0 Å². The number of esters is 1. The fourth-order valence-electron chi connectivity index (χ4n) is 1.91. The van der Waals surface area contributed by atoms with Gasteiger partial charge in [0.2, 0.25) is 5.91 Å². The fourth-order valence-corrected chi connectivity index (χ4v) is 1.91. The van der Waals surface area contributed by atoms with Gasteiger partial charge in [0.25, 0.3) is 0 Å². The van der Waals surface area contributed by atoms with Gasteiger partial charge in [0.15, 0.2) is 0 Å². The number of hydrogen-bond acceptors (Lipinski definition) is 5. The topological polar surface area (TPSA) is 71.5 Å². The molecule has 6 heteroatoms. The number of nitrogens with one attached hydrogen (secondary N) is 1. The maximum Gasteiger partial charge on any atom is 0.339 e. The van der Waals surface area contributed by atoms with Gasteiger partial charge < -0.3 is 15.0 Å². The molecule has 1 atom stereocenters. The standard InChI is InChI=1S/C15H23N3O3/c1-5-18(6-2)14(19)11(4)17-13-9-8-12(10-16-13)15(20)21-7-3/h8-11H,5-7H2,1-4H3,(H,16,17). The SMILES string of the molecule is CCOC(=O)c1ccc(NC(C)C(=O)N(CC)CC)nc1. The molecule has 0 saturated carbocycles. The molecule has 0 spiro atoms. The van der Waals surface area contributed by atoms with Crippen molar-refractivity contribution in [1.82, 2.24) is 9.88 Å². The molecule has 1 aromatic rings. The summed E-state index contributed by atoms with van der Waals surface area (Å²) in [6.07, 6.45) is 1.44. The molecule has 1 amide bonds. The van der Waals surface area contributed by atoms with Gasteiger partial charge in [-0.25, -0.2) is 9.78 Å². The summed E-state index contributed by atoms with van der Waals surface area (Å²) in [4.78, 5) is 29.5. The lowest BCUT2D eigenvalue weighted by Crippen LogP contribution is -2.41. The zero-order valence-corrected chi connectivity index (χ0v) is 13.0. The number of likely N-dealkylation sites (N-methyl/N-ethyl adjacent to an activating group) is 1. The monoisotopic (exact) mass is 293 g/mol. The molecule has 0 aromatic carbocycles. The van der Waals surface area contributed by atoms with Crippen LogP contribution in [0.2, 0.25) is 0 Å². The molecular weight excluding hydrogens is 270 g/mol. The third kappa shape index (κ3) is 4.73. The fraction of sp³-hybridized carbons (Fsp3) is 0.533. The van der Waals surface area contributed by atoms with Crippen molar-refractivity contribution in [2.75, 3.05) is 25.0 Å². The lowest BCUT2D eigenvalue weighted by Gasteiger charge is -2.23. The van der Waals surface area contributed by atoms with Gasteiger partial charge in [-0.2, -0.15) is 0 Å². The van der Waals surface area contributed by atoms with Crippen LogP contribution in [0.5, 0.6) is 0 Å². The summed E-state index contributed by atoms with van der Waals surface area (Å²) in [5.41, 5.74) is 0.394. The van der Waals surface area contributed by atoms with E-state index in [1.54, 1.807) is 30.9 Å². The third-order valence-corrected chi connectivity index (χ3v) is 3.08. The second-order valence-electron chi connectivity index (χ2n) is 4.53. The van der Waals surface area contributed by atoms with Crippen molar-refractivity contribution in [3.63, 3.8) is 0 Å². The molecule has 1 heterocycles. The number of aromatic nitrogens is 1. The highest BCUT2D eigenvalue weighted by Crippen LogP contribution is 2.09. The highest BCUT2D eigenvalue weighted by Gasteiger charge is 2.18. The van der Waals surface area contributed by atoms with Crippen molar-refractivity contribution >= 4 is 17.7 Å². The molecule has 1 N–H and O–H groups in total. The second-order valence-corrected chi connectivity index (χ2v) is 4.53. The average molecular weight is 293 g/mol. The van der Waals surface area contributed by atoms with Crippen molar-refractivity contribution in [3.8, 4) is 0 Å². The Bertz CT molecular complexity index is 470. The minimum atomic E-state index is -0.399. The van der Waals surface area contributed by atoms with E-state index >= 15 is 0 Å². The van der Waals surface area contributed by atoms with Gasteiger partial charge in [-0.05, 0) is 39.8 Å². The Morgan fingerprint density at radius 2 is 1.95 bits per heavy atom. The van der Waals surface area contributed by atoms with Crippen LogP contribution < -0.4 is 5.32 Å². The smallest absolute Gasteiger partial charge is 0.339 e. The molecule has 0 aliphatic rings. The van der Waals surface area contributed by atoms with Gasteiger partial charge in [-0.15, -0.1) is 0 Å². The first-order valence-electron chi connectivity index (χ1n) is 7.21. The second kappa shape index (κ2) is 8.24. The van der Waals surface area contributed by atoms with E-state index in [1.165, 1.54) is 6.20 Å². The number of rotatable bonds is 7. The summed E-state index contributed by atoms with van der Waals surface area (Å²) in [6, 6.07) is 2.92. The van der Waals surface area contributed by atoms with E-state index < -0.39 is 5.97 Å².